The normalized spacial score (nSPS) is 16.7. The Balaban J connectivity index is 2.22. The first-order valence-corrected chi connectivity index (χ1v) is 7.17. The predicted molar refractivity (Wildman–Crippen MR) is 73.1 cm³/mol. The summed E-state index contributed by atoms with van der Waals surface area (Å²) in [6.07, 6.45) is 2.56. The Morgan fingerprint density at radius 2 is 2.00 bits per heavy atom. The zero-order valence-electron chi connectivity index (χ0n) is 10.2. The van der Waals surface area contributed by atoms with Gasteiger partial charge >= 0.3 is 0 Å². The first-order chi connectivity index (χ1) is 7.97. The van der Waals surface area contributed by atoms with Crippen LogP contribution in [0.3, 0.4) is 0 Å². The second-order valence-corrected chi connectivity index (χ2v) is 6.95. The molecule has 0 saturated heterocycles. The summed E-state index contributed by atoms with van der Waals surface area (Å²) in [7, 11) is 0. The lowest BCUT2D eigenvalue weighted by atomic mass is 9.96. The molecule has 0 unspecified atom stereocenters. The molecule has 1 saturated carbocycles. The lowest BCUT2D eigenvalue weighted by molar-refractivity contribution is 0.549. The Labute approximate surface area is 110 Å². The molecule has 0 amide bonds. The molecule has 1 aliphatic carbocycles. The molecule has 0 bridgehead atoms. The Hall–Kier alpha value is -0.670. The Morgan fingerprint density at radius 1 is 1.29 bits per heavy atom. The van der Waals surface area contributed by atoms with Crippen LogP contribution >= 0.6 is 22.9 Å². The SMILES string of the molecule is CC(C)(C)c1nc(Cl)c2c(C3CC3)csc2n1. The van der Waals surface area contributed by atoms with Gasteiger partial charge in [-0.25, -0.2) is 9.97 Å². The summed E-state index contributed by atoms with van der Waals surface area (Å²) in [6.45, 7) is 6.33. The number of nitrogens with zero attached hydrogens (tertiary/aromatic N) is 2. The van der Waals surface area contributed by atoms with Gasteiger partial charge in [-0.05, 0) is 29.7 Å². The summed E-state index contributed by atoms with van der Waals surface area (Å²) in [5.41, 5.74) is 1.30. The minimum atomic E-state index is -0.0540. The smallest absolute Gasteiger partial charge is 0.141 e. The molecule has 2 heterocycles. The van der Waals surface area contributed by atoms with Crippen molar-refractivity contribution in [2.24, 2.45) is 0 Å². The molecule has 2 aromatic heterocycles. The van der Waals surface area contributed by atoms with Gasteiger partial charge in [0.1, 0.15) is 15.8 Å². The molecule has 17 heavy (non-hydrogen) atoms. The van der Waals surface area contributed by atoms with Crippen LogP contribution in [0.15, 0.2) is 5.38 Å². The van der Waals surface area contributed by atoms with Crippen LogP contribution in [0, 0.1) is 0 Å². The third-order valence-corrected chi connectivity index (χ3v) is 4.27. The fourth-order valence-corrected chi connectivity index (χ4v) is 3.31. The first-order valence-electron chi connectivity index (χ1n) is 5.92. The molecule has 0 aliphatic heterocycles. The van der Waals surface area contributed by atoms with Crippen LogP contribution in [-0.4, -0.2) is 9.97 Å². The van der Waals surface area contributed by atoms with E-state index in [-0.39, 0.29) is 5.41 Å². The van der Waals surface area contributed by atoms with Crippen LogP contribution in [0.5, 0.6) is 0 Å². The number of rotatable bonds is 1. The van der Waals surface area contributed by atoms with E-state index < -0.39 is 0 Å². The second-order valence-electron chi connectivity index (χ2n) is 5.73. The van der Waals surface area contributed by atoms with Crippen LogP contribution in [0.4, 0.5) is 0 Å². The standard InChI is InChI=1S/C13H15ClN2S/c1-13(2,3)12-15-10(14)9-8(7-4-5-7)6-17-11(9)16-12/h6-7H,4-5H2,1-3H3. The maximum atomic E-state index is 6.34. The molecule has 90 valence electrons. The molecule has 0 atom stereocenters. The van der Waals surface area contributed by atoms with Crippen LogP contribution in [0.2, 0.25) is 5.15 Å². The monoisotopic (exact) mass is 266 g/mol. The minimum Gasteiger partial charge on any atom is -0.221 e. The zero-order valence-corrected chi connectivity index (χ0v) is 11.8. The van der Waals surface area contributed by atoms with E-state index in [9.17, 15) is 0 Å². The number of hydrogen-bond acceptors (Lipinski definition) is 3. The van der Waals surface area contributed by atoms with Crippen molar-refractivity contribution in [2.75, 3.05) is 0 Å². The molecule has 1 fully saturated rings. The maximum Gasteiger partial charge on any atom is 0.141 e. The summed E-state index contributed by atoms with van der Waals surface area (Å²) >= 11 is 8.03. The van der Waals surface area contributed by atoms with E-state index >= 15 is 0 Å². The fourth-order valence-electron chi connectivity index (χ4n) is 1.95. The van der Waals surface area contributed by atoms with Crippen molar-refractivity contribution in [3.05, 3.63) is 21.9 Å². The van der Waals surface area contributed by atoms with Gasteiger partial charge in [-0.15, -0.1) is 11.3 Å². The van der Waals surface area contributed by atoms with Crippen molar-refractivity contribution in [3.63, 3.8) is 0 Å². The zero-order chi connectivity index (χ0) is 12.2. The van der Waals surface area contributed by atoms with E-state index in [2.05, 4.69) is 36.1 Å². The molecule has 2 aromatic rings. The minimum absolute atomic E-state index is 0.0540. The quantitative estimate of drug-likeness (QED) is 0.709. The molecular weight excluding hydrogens is 252 g/mol. The molecule has 2 nitrogen and oxygen atoms in total. The number of aromatic nitrogens is 2. The van der Waals surface area contributed by atoms with E-state index in [1.165, 1.54) is 18.4 Å². The molecule has 0 radical (unpaired) electrons. The highest BCUT2D eigenvalue weighted by atomic mass is 35.5. The average molecular weight is 267 g/mol. The van der Waals surface area contributed by atoms with Gasteiger partial charge in [-0.2, -0.15) is 0 Å². The molecule has 1 aliphatic rings. The van der Waals surface area contributed by atoms with Gasteiger partial charge < -0.3 is 0 Å². The van der Waals surface area contributed by atoms with E-state index in [0.29, 0.717) is 11.1 Å². The predicted octanol–water partition coefficient (Wildman–Crippen LogP) is 4.52. The largest absolute Gasteiger partial charge is 0.221 e. The highest BCUT2D eigenvalue weighted by Crippen LogP contribution is 2.46. The van der Waals surface area contributed by atoms with Gasteiger partial charge in [0.15, 0.2) is 0 Å². The van der Waals surface area contributed by atoms with Crippen molar-refractivity contribution in [2.45, 2.75) is 44.9 Å². The van der Waals surface area contributed by atoms with Crippen molar-refractivity contribution >= 4 is 33.2 Å². The van der Waals surface area contributed by atoms with Crippen LogP contribution < -0.4 is 0 Å². The topological polar surface area (TPSA) is 25.8 Å². The summed E-state index contributed by atoms with van der Waals surface area (Å²) in [4.78, 5) is 10.2. The van der Waals surface area contributed by atoms with Gasteiger partial charge in [0.2, 0.25) is 0 Å². The Morgan fingerprint density at radius 3 is 2.59 bits per heavy atom. The summed E-state index contributed by atoms with van der Waals surface area (Å²) < 4.78 is 0. The highest BCUT2D eigenvalue weighted by molar-refractivity contribution is 7.17. The van der Waals surface area contributed by atoms with E-state index in [0.717, 1.165) is 16.0 Å². The molecule has 0 N–H and O–H groups in total. The van der Waals surface area contributed by atoms with Crippen LogP contribution in [0.1, 0.15) is 50.9 Å². The van der Waals surface area contributed by atoms with E-state index in [1.54, 1.807) is 11.3 Å². The van der Waals surface area contributed by atoms with Gasteiger partial charge in [0.25, 0.3) is 0 Å². The lowest BCUT2D eigenvalue weighted by Crippen LogP contribution is -2.15. The van der Waals surface area contributed by atoms with Crippen LogP contribution in [-0.2, 0) is 5.41 Å². The molecule has 3 rings (SSSR count). The third-order valence-electron chi connectivity index (χ3n) is 3.11. The van der Waals surface area contributed by atoms with E-state index in [1.807, 2.05) is 0 Å². The number of thiophene rings is 1. The molecule has 4 heteroatoms. The van der Waals surface area contributed by atoms with Gasteiger partial charge in [0.05, 0.1) is 5.39 Å². The Kier molecular flexibility index (Phi) is 2.46. The third kappa shape index (κ3) is 1.95. The summed E-state index contributed by atoms with van der Waals surface area (Å²) in [5.74, 6) is 1.53. The average Bonchev–Trinajstić information content (AvgIpc) is 2.97. The molecular formula is C13H15ClN2S. The highest BCUT2D eigenvalue weighted by Gasteiger charge is 2.29. The van der Waals surface area contributed by atoms with Crippen molar-refractivity contribution < 1.29 is 0 Å². The summed E-state index contributed by atoms with van der Waals surface area (Å²) in [6, 6.07) is 0. The lowest BCUT2D eigenvalue weighted by Gasteiger charge is -2.16. The first kappa shape index (κ1) is 11.4. The number of hydrogen-bond donors (Lipinski definition) is 0. The molecule has 0 spiro atoms. The van der Waals surface area contributed by atoms with E-state index in [4.69, 9.17) is 11.6 Å². The van der Waals surface area contributed by atoms with Crippen LogP contribution in [0.25, 0.3) is 10.2 Å². The Bertz CT molecular complexity index is 579. The summed E-state index contributed by atoms with van der Waals surface area (Å²) in [5, 5.41) is 3.92. The van der Waals surface area contributed by atoms with Crippen molar-refractivity contribution in [1.29, 1.82) is 0 Å². The maximum absolute atomic E-state index is 6.34. The fraction of sp³-hybridized carbons (Fsp3) is 0.538. The number of halogens is 1. The van der Waals surface area contributed by atoms with Gasteiger partial charge in [-0.3, -0.25) is 0 Å². The second kappa shape index (κ2) is 3.66. The van der Waals surface area contributed by atoms with Gasteiger partial charge in [-0.1, -0.05) is 32.4 Å². The van der Waals surface area contributed by atoms with Crippen molar-refractivity contribution in [1.82, 2.24) is 9.97 Å². The number of fused-ring (bicyclic) bond motifs is 1. The van der Waals surface area contributed by atoms with Gasteiger partial charge in [0, 0.05) is 5.41 Å². The molecule has 0 aromatic carbocycles. The van der Waals surface area contributed by atoms with Crippen molar-refractivity contribution in [3.8, 4) is 0 Å².